The fourth-order valence-corrected chi connectivity index (χ4v) is 3.53. The van der Waals surface area contributed by atoms with Crippen molar-refractivity contribution >= 4 is 0 Å². The first kappa shape index (κ1) is 12.2. The first-order chi connectivity index (χ1) is 8.86. The Morgan fingerprint density at radius 2 is 1.89 bits per heavy atom. The molecule has 1 atom stereocenters. The first-order valence-electron chi connectivity index (χ1n) is 7.48. The number of nitrogens with zero attached hydrogens (tertiary/aromatic N) is 3. The lowest BCUT2D eigenvalue weighted by molar-refractivity contribution is 0.326. The van der Waals surface area contributed by atoms with E-state index in [0.717, 1.165) is 18.9 Å². The van der Waals surface area contributed by atoms with Gasteiger partial charge in [-0.05, 0) is 39.2 Å². The maximum absolute atomic E-state index is 4.49. The van der Waals surface area contributed by atoms with E-state index in [1.165, 1.54) is 50.8 Å². The molecule has 1 saturated heterocycles. The topological polar surface area (TPSA) is 42.7 Å². The number of hydrogen-bond donors (Lipinski definition) is 1. The smallest absolute Gasteiger partial charge is 0.137 e. The lowest BCUT2D eigenvalue weighted by atomic mass is 9.93. The summed E-state index contributed by atoms with van der Waals surface area (Å²) in [5, 5.41) is 12.3. The summed E-state index contributed by atoms with van der Waals surface area (Å²) >= 11 is 0. The van der Waals surface area contributed by atoms with E-state index in [1.54, 1.807) is 0 Å². The summed E-state index contributed by atoms with van der Waals surface area (Å²) in [5.41, 5.74) is 0. The average molecular weight is 248 g/mol. The van der Waals surface area contributed by atoms with Crippen LogP contribution in [0, 0.1) is 6.92 Å². The van der Waals surface area contributed by atoms with Crippen LogP contribution in [-0.2, 0) is 0 Å². The molecule has 1 N–H and O–H groups in total. The Balaban J connectivity index is 1.85. The van der Waals surface area contributed by atoms with Gasteiger partial charge in [0.1, 0.15) is 11.6 Å². The van der Waals surface area contributed by atoms with Gasteiger partial charge in [0, 0.05) is 18.5 Å². The van der Waals surface area contributed by atoms with E-state index < -0.39 is 0 Å². The van der Waals surface area contributed by atoms with Gasteiger partial charge in [0.05, 0.1) is 0 Å². The molecule has 2 fully saturated rings. The predicted octanol–water partition coefficient (Wildman–Crippen LogP) is 2.56. The second-order valence-corrected chi connectivity index (χ2v) is 5.81. The third-order valence-corrected chi connectivity index (χ3v) is 4.49. The van der Waals surface area contributed by atoms with E-state index in [0.29, 0.717) is 12.0 Å². The summed E-state index contributed by atoms with van der Waals surface area (Å²) in [5.74, 6) is 2.93. The maximum Gasteiger partial charge on any atom is 0.137 e. The number of aryl methyl sites for hydroxylation is 1. The van der Waals surface area contributed by atoms with Crippen molar-refractivity contribution in [2.75, 3.05) is 13.1 Å². The summed E-state index contributed by atoms with van der Waals surface area (Å²) in [6.45, 7) is 4.35. The van der Waals surface area contributed by atoms with Gasteiger partial charge in [-0.1, -0.05) is 19.3 Å². The molecule has 1 aromatic heterocycles. The number of aromatic nitrogens is 3. The minimum absolute atomic E-state index is 0.571. The Morgan fingerprint density at radius 3 is 2.61 bits per heavy atom. The highest BCUT2D eigenvalue weighted by atomic mass is 15.3. The Bertz CT molecular complexity index is 386. The molecule has 0 unspecified atom stereocenters. The monoisotopic (exact) mass is 248 g/mol. The minimum Gasteiger partial charge on any atom is -0.316 e. The Hall–Kier alpha value is -0.900. The van der Waals surface area contributed by atoms with Gasteiger partial charge in [-0.3, -0.25) is 0 Å². The normalized spacial score (nSPS) is 26.4. The number of piperidine rings is 1. The Kier molecular flexibility index (Phi) is 3.64. The lowest BCUT2D eigenvalue weighted by Gasteiger charge is -2.29. The quantitative estimate of drug-likeness (QED) is 0.874. The molecule has 0 radical (unpaired) electrons. The molecule has 18 heavy (non-hydrogen) atoms. The van der Waals surface area contributed by atoms with Gasteiger partial charge in [-0.25, -0.2) is 0 Å². The molecule has 1 aliphatic heterocycles. The molecule has 1 saturated carbocycles. The van der Waals surface area contributed by atoms with Crippen molar-refractivity contribution in [3.63, 3.8) is 0 Å². The highest BCUT2D eigenvalue weighted by molar-refractivity contribution is 5.05. The molecular formula is C14H24N4. The molecule has 0 aromatic carbocycles. The fourth-order valence-electron chi connectivity index (χ4n) is 3.53. The molecule has 3 rings (SSSR count). The minimum atomic E-state index is 0.571. The van der Waals surface area contributed by atoms with Gasteiger partial charge in [0.25, 0.3) is 0 Å². The second-order valence-electron chi connectivity index (χ2n) is 5.81. The van der Waals surface area contributed by atoms with Crippen molar-refractivity contribution < 1.29 is 0 Å². The zero-order valence-electron chi connectivity index (χ0n) is 11.4. The van der Waals surface area contributed by atoms with Crippen molar-refractivity contribution in [1.82, 2.24) is 20.1 Å². The second kappa shape index (κ2) is 5.39. The van der Waals surface area contributed by atoms with E-state index >= 15 is 0 Å². The molecule has 4 heteroatoms. The van der Waals surface area contributed by atoms with E-state index in [1.807, 2.05) is 0 Å². The van der Waals surface area contributed by atoms with Crippen LogP contribution in [0.2, 0.25) is 0 Å². The van der Waals surface area contributed by atoms with Crippen molar-refractivity contribution in [2.45, 2.75) is 63.8 Å². The van der Waals surface area contributed by atoms with Crippen LogP contribution in [0.3, 0.4) is 0 Å². The summed E-state index contributed by atoms with van der Waals surface area (Å²) < 4.78 is 2.46. The van der Waals surface area contributed by atoms with Crippen LogP contribution in [0.25, 0.3) is 0 Å². The Labute approximate surface area is 109 Å². The van der Waals surface area contributed by atoms with E-state index in [9.17, 15) is 0 Å². The van der Waals surface area contributed by atoms with Crippen LogP contribution in [0.4, 0.5) is 0 Å². The molecule has 1 aliphatic carbocycles. The van der Waals surface area contributed by atoms with Crippen LogP contribution in [0.1, 0.15) is 68.6 Å². The molecule has 0 bridgehead atoms. The molecule has 4 nitrogen and oxygen atoms in total. The van der Waals surface area contributed by atoms with Crippen LogP contribution in [0.15, 0.2) is 0 Å². The van der Waals surface area contributed by atoms with Gasteiger partial charge in [0.2, 0.25) is 0 Å². The van der Waals surface area contributed by atoms with Gasteiger partial charge in [-0.15, -0.1) is 10.2 Å². The lowest BCUT2D eigenvalue weighted by Crippen LogP contribution is -2.31. The number of hydrogen-bond acceptors (Lipinski definition) is 3. The first-order valence-corrected chi connectivity index (χ1v) is 7.48. The third kappa shape index (κ3) is 2.30. The molecule has 2 heterocycles. The summed E-state index contributed by atoms with van der Waals surface area (Å²) in [7, 11) is 0. The maximum atomic E-state index is 4.49. The van der Waals surface area contributed by atoms with Crippen molar-refractivity contribution in [3.8, 4) is 0 Å². The van der Waals surface area contributed by atoms with Crippen LogP contribution in [0.5, 0.6) is 0 Å². The predicted molar refractivity (Wildman–Crippen MR) is 71.7 cm³/mol. The SMILES string of the molecule is Cc1nnc([C@H]2CCCNC2)n1C1CCCCC1. The van der Waals surface area contributed by atoms with Gasteiger partial charge < -0.3 is 9.88 Å². The van der Waals surface area contributed by atoms with E-state index in [-0.39, 0.29) is 0 Å². The van der Waals surface area contributed by atoms with E-state index in [2.05, 4.69) is 27.0 Å². The number of nitrogens with one attached hydrogen (secondary N) is 1. The zero-order chi connectivity index (χ0) is 12.4. The molecule has 2 aliphatic rings. The fraction of sp³-hybridized carbons (Fsp3) is 0.857. The number of rotatable bonds is 2. The largest absolute Gasteiger partial charge is 0.316 e. The van der Waals surface area contributed by atoms with Crippen LogP contribution < -0.4 is 5.32 Å². The van der Waals surface area contributed by atoms with Crippen LogP contribution in [-0.4, -0.2) is 27.9 Å². The highest BCUT2D eigenvalue weighted by Crippen LogP contribution is 2.32. The molecule has 0 amide bonds. The molecular weight excluding hydrogens is 224 g/mol. The van der Waals surface area contributed by atoms with Gasteiger partial charge in [-0.2, -0.15) is 0 Å². The standard InChI is InChI=1S/C14H24N4/c1-11-16-17-14(12-6-5-9-15-10-12)18(11)13-7-3-2-4-8-13/h12-13,15H,2-10H2,1H3/t12-/m0/s1. The average Bonchev–Trinajstić information content (AvgIpc) is 2.83. The summed E-state index contributed by atoms with van der Waals surface area (Å²) in [6.07, 6.45) is 9.28. The van der Waals surface area contributed by atoms with Gasteiger partial charge in [0.15, 0.2) is 0 Å². The van der Waals surface area contributed by atoms with Crippen LogP contribution >= 0.6 is 0 Å². The molecule has 1 aromatic rings. The van der Waals surface area contributed by atoms with E-state index in [4.69, 9.17) is 0 Å². The summed E-state index contributed by atoms with van der Waals surface area (Å²) in [4.78, 5) is 0. The van der Waals surface area contributed by atoms with Crippen molar-refractivity contribution in [3.05, 3.63) is 11.6 Å². The zero-order valence-corrected chi connectivity index (χ0v) is 11.4. The van der Waals surface area contributed by atoms with Gasteiger partial charge >= 0.3 is 0 Å². The highest BCUT2D eigenvalue weighted by Gasteiger charge is 2.26. The van der Waals surface area contributed by atoms with Crippen molar-refractivity contribution in [2.24, 2.45) is 0 Å². The Morgan fingerprint density at radius 1 is 1.06 bits per heavy atom. The summed E-state index contributed by atoms with van der Waals surface area (Å²) in [6, 6.07) is 0.658. The molecule has 0 spiro atoms. The van der Waals surface area contributed by atoms with Crippen molar-refractivity contribution in [1.29, 1.82) is 0 Å². The third-order valence-electron chi connectivity index (χ3n) is 4.49. The molecule has 100 valence electrons.